The van der Waals surface area contributed by atoms with Crippen LogP contribution in [0.3, 0.4) is 0 Å². The molecule has 7 heteroatoms. The molecule has 1 aromatic carbocycles. The van der Waals surface area contributed by atoms with Crippen molar-refractivity contribution < 1.29 is 12.8 Å². The maximum atomic E-state index is 12.3. The zero-order chi connectivity index (χ0) is 15.5. The largest absolute Gasteiger partial charge is 0.469 e. The van der Waals surface area contributed by atoms with Gasteiger partial charge in [0.15, 0.2) is 0 Å². The number of furan rings is 1. The van der Waals surface area contributed by atoms with Crippen molar-refractivity contribution in [1.29, 1.82) is 5.26 Å². The molecule has 6 nitrogen and oxygen atoms in total. The Labute approximate surface area is 123 Å². The number of nitrogens with one attached hydrogen (secondary N) is 1. The van der Waals surface area contributed by atoms with E-state index in [9.17, 15) is 8.42 Å². The first-order valence-electron chi connectivity index (χ1n) is 6.26. The lowest BCUT2D eigenvalue weighted by Gasteiger charge is -2.14. The predicted octanol–water partition coefficient (Wildman–Crippen LogP) is 1.64. The van der Waals surface area contributed by atoms with Gasteiger partial charge in [-0.1, -0.05) is 0 Å². The van der Waals surface area contributed by atoms with Crippen molar-refractivity contribution in [2.75, 3.05) is 5.73 Å². The second-order valence-corrected chi connectivity index (χ2v) is 6.35. The van der Waals surface area contributed by atoms with Crippen molar-refractivity contribution in [3.8, 4) is 6.07 Å². The second-order valence-electron chi connectivity index (χ2n) is 4.67. The van der Waals surface area contributed by atoms with Crippen molar-refractivity contribution >= 4 is 15.7 Å². The Bertz CT molecular complexity index is 761. The Hall–Kier alpha value is -2.30. The summed E-state index contributed by atoms with van der Waals surface area (Å²) in [4.78, 5) is -0.0344. The van der Waals surface area contributed by atoms with E-state index in [1.165, 1.54) is 24.5 Å². The molecule has 1 atom stereocenters. The maximum Gasteiger partial charge on any atom is 0.242 e. The Kier molecular flexibility index (Phi) is 4.31. The van der Waals surface area contributed by atoms with Gasteiger partial charge >= 0.3 is 0 Å². The van der Waals surface area contributed by atoms with Crippen molar-refractivity contribution in [2.24, 2.45) is 0 Å². The lowest BCUT2D eigenvalue weighted by atomic mass is 10.2. The van der Waals surface area contributed by atoms with Gasteiger partial charge < -0.3 is 10.2 Å². The first-order valence-corrected chi connectivity index (χ1v) is 7.75. The zero-order valence-electron chi connectivity index (χ0n) is 11.4. The van der Waals surface area contributed by atoms with Crippen LogP contribution in [0.2, 0.25) is 0 Å². The lowest BCUT2D eigenvalue weighted by molar-refractivity contribution is 0.479. The third-order valence-electron chi connectivity index (χ3n) is 2.87. The fraction of sp³-hybridized carbons (Fsp3) is 0.214. The molecule has 0 aliphatic rings. The smallest absolute Gasteiger partial charge is 0.242 e. The fourth-order valence-corrected chi connectivity index (χ4v) is 3.32. The van der Waals surface area contributed by atoms with Gasteiger partial charge in [0.2, 0.25) is 10.0 Å². The number of hydrogen-bond donors (Lipinski definition) is 2. The van der Waals surface area contributed by atoms with Crippen molar-refractivity contribution in [2.45, 2.75) is 24.3 Å². The van der Waals surface area contributed by atoms with Crippen molar-refractivity contribution in [3.05, 3.63) is 47.9 Å². The van der Waals surface area contributed by atoms with E-state index in [1.54, 1.807) is 19.1 Å². The van der Waals surface area contributed by atoms with Gasteiger partial charge in [0, 0.05) is 12.5 Å². The summed E-state index contributed by atoms with van der Waals surface area (Å²) in [5.41, 5.74) is 6.07. The molecule has 0 spiro atoms. The van der Waals surface area contributed by atoms with E-state index in [-0.39, 0.29) is 16.6 Å². The number of nitrogen functional groups attached to an aromatic ring is 1. The van der Waals surface area contributed by atoms with E-state index in [2.05, 4.69) is 4.72 Å². The molecule has 1 unspecified atom stereocenters. The second kappa shape index (κ2) is 5.99. The van der Waals surface area contributed by atoms with Gasteiger partial charge in [0.05, 0.1) is 23.6 Å². The molecule has 21 heavy (non-hydrogen) atoms. The molecule has 2 rings (SSSR count). The summed E-state index contributed by atoms with van der Waals surface area (Å²) >= 11 is 0. The monoisotopic (exact) mass is 305 g/mol. The van der Waals surface area contributed by atoms with E-state index >= 15 is 0 Å². The maximum absolute atomic E-state index is 12.3. The summed E-state index contributed by atoms with van der Waals surface area (Å²) < 4.78 is 32.3. The number of nitriles is 1. The summed E-state index contributed by atoms with van der Waals surface area (Å²) in [5.74, 6) is 0.693. The number of anilines is 1. The van der Waals surface area contributed by atoms with Crippen LogP contribution >= 0.6 is 0 Å². The van der Waals surface area contributed by atoms with Gasteiger partial charge in [0.25, 0.3) is 0 Å². The quantitative estimate of drug-likeness (QED) is 0.816. The van der Waals surface area contributed by atoms with Crippen LogP contribution in [0.25, 0.3) is 0 Å². The fourth-order valence-electron chi connectivity index (χ4n) is 1.96. The van der Waals surface area contributed by atoms with Gasteiger partial charge in [-0.2, -0.15) is 5.26 Å². The van der Waals surface area contributed by atoms with Gasteiger partial charge in [-0.15, -0.1) is 0 Å². The molecular weight excluding hydrogens is 290 g/mol. The van der Waals surface area contributed by atoms with Gasteiger partial charge in [-0.3, -0.25) is 0 Å². The number of nitrogens with two attached hydrogens (primary N) is 1. The van der Waals surface area contributed by atoms with Gasteiger partial charge in [-0.05, 0) is 37.3 Å². The molecule has 1 heterocycles. The molecule has 0 radical (unpaired) electrons. The molecule has 0 fully saturated rings. The normalized spacial score (nSPS) is 12.8. The van der Waals surface area contributed by atoms with Crippen LogP contribution in [0.5, 0.6) is 0 Å². The van der Waals surface area contributed by atoms with E-state index in [0.29, 0.717) is 17.7 Å². The molecule has 110 valence electrons. The minimum absolute atomic E-state index is 0.0344. The molecule has 1 aromatic heterocycles. The van der Waals surface area contributed by atoms with Crippen LogP contribution < -0.4 is 10.5 Å². The van der Waals surface area contributed by atoms with E-state index < -0.39 is 10.0 Å². The first-order chi connectivity index (χ1) is 9.92. The Morgan fingerprint density at radius 3 is 2.76 bits per heavy atom. The van der Waals surface area contributed by atoms with Crippen molar-refractivity contribution in [3.63, 3.8) is 0 Å². The molecule has 0 saturated heterocycles. The highest BCUT2D eigenvalue weighted by Gasteiger charge is 2.20. The lowest BCUT2D eigenvalue weighted by Crippen LogP contribution is -2.34. The highest BCUT2D eigenvalue weighted by molar-refractivity contribution is 7.89. The average molecular weight is 305 g/mol. The van der Waals surface area contributed by atoms with Crippen LogP contribution in [0.1, 0.15) is 18.2 Å². The number of benzene rings is 1. The molecule has 3 N–H and O–H groups in total. The highest BCUT2D eigenvalue weighted by atomic mass is 32.2. The first kappa shape index (κ1) is 15.1. The molecule has 0 aliphatic heterocycles. The SMILES string of the molecule is CC(Cc1ccco1)NS(=O)(=O)c1ccc(C#N)cc1N. The summed E-state index contributed by atoms with van der Waals surface area (Å²) in [5, 5.41) is 8.76. The van der Waals surface area contributed by atoms with E-state index in [4.69, 9.17) is 15.4 Å². The van der Waals surface area contributed by atoms with Crippen LogP contribution in [0.4, 0.5) is 5.69 Å². The Morgan fingerprint density at radius 2 is 2.19 bits per heavy atom. The zero-order valence-corrected chi connectivity index (χ0v) is 12.2. The third kappa shape index (κ3) is 3.62. The Morgan fingerprint density at radius 1 is 1.43 bits per heavy atom. The topological polar surface area (TPSA) is 109 Å². The summed E-state index contributed by atoms with van der Waals surface area (Å²) in [6.07, 6.45) is 1.97. The summed E-state index contributed by atoms with van der Waals surface area (Å²) in [7, 11) is -3.74. The number of sulfonamides is 1. The number of nitrogens with zero attached hydrogens (tertiary/aromatic N) is 1. The van der Waals surface area contributed by atoms with Crippen LogP contribution in [-0.4, -0.2) is 14.5 Å². The molecule has 2 aromatic rings. The van der Waals surface area contributed by atoms with Crippen LogP contribution in [0, 0.1) is 11.3 Å². The summed E-state index contributed by atoms with van der Waals surface area (Å²) in [6.45, 7) is 1.74. The molecule has 0 aliphatic carbocycles. The Balaban J connectivity index is 2.16. The third-order valence-corrected chi connectivity index (χ3v) is 4.54. The minimum Gasteiger partial charge on any atom is -0.469 e. The van der Waals surface area contributed by atoms with Gasteiger partial charge in [0.1, 0.15) is 10.7 Å². The van der Waals surface area contributed by atoms with Crippen molar-refractivity contribution in [1.82, 2.24) is 4.72 Å². The average Bonchev–Trinajstić information content (AvgIpc) is 2.90. The number of rotatable bonds is 5. The minimum atomic E-state index is -3.74. The van der Waals surface area contributed by atoms with Crippen LogP contribution in [-0.2, 0) is 16.4 Å². The van der Waals surface area contributed by atoms with Crippen LogP contribution in [0.15, 0.2) is 45.9 Å². The highest BCUT2D eigenvalue weighted by Crippen LogP contribution is 2.20. The van der Waals surface area contributed by atoms with E-state index in [1.807, 2.05) is 6.07 Å². The summed E-state index contributed by atoms with van der Waals surface area (Å²) in [6, 6.07) is 9.17. The molecule has 0 amide bonds. The number of hydrogen-bond acceptors (Lipinski definition) is 5. The van der Waals surface area contributed by atoms with E-state index in [0.717, 1.165) is 0 Å². The van der Waals surface area contributed by atoms with Gasteiger partial charge in [-0.25, -0.2) is 13.1 Å². The molecule has 0 saturated carbocycles. The predicted molar refractivity (Wildman–Crippen MR) is 77.8 cm³/mol. The molecule has 0 bridgehead atoms. The standard InChI is InChI=1S/C14H15N3O3S/c1-10(7-12-3-2-6-20-12)17-21(18,19)14-5-4-11(9-15)8-13(14)16/h2-6,8,10,17H,7,16H2,1H3. The molecular formula is C14H15N3O3S.